The van der Waals surface area contributed by atoms with Gasteiger partial charge in [0, 0.05) is 6.61 Å². The average molecular weight is 216 g/mol. The fourth-order valence-corrected chi connectivity index (χ4v) is 1.31. The van der Waals surface area contributed by atoms with Crippen LogP contribution in [0.5, 0.6) is 0 Å². The molecular formula is C13H25FO. The molecule has 0 aromatic heterocycles. The fraction of sp³-hybridized carbons (Fsp3) is 0.846. The van der Waals surface area contributed by atoms with E-state index in [4.69, 9.17) is 4.74 Å². The first-order valence-electron chi connectivity index (χ1n) is 5.74. The second kappa shape index (κ2) is 7.00. The van der Waals surface area contributed by atoms with Crippen LogP contribution in [0.15, 0.2) is 12.7 Å². The third kappa shape index (κ3) is 9.92. The van der Waals surface area contributed by atoms with Crippen molar-refractivity contribution < 1.29 is 9.13 Å². The van der Waals surface area contributed by atoms with Crippen LogP contribution in [0.1, 0.15) is 47.0 Å². The van der Waals surface area contributed by atoms with Crippen molar-refractivity contribution in [2.24, 2.45) is 5.92 Å². The van der Waals surface area contributed by atoms with Gasteiger partial charge in [0.25, 0.3) is 0 Å². The van der Waals surface area contributed by atoms with Gasteiger partial charge in [-0.05, 0) is 46.0 Å². The third-order valence-corrected chi connectivity index (χ3v) is 2.14. The highest BCUT2D eigenvalue weighted by Crippen LogP contribution is 2.17. The van der Waals surface area contributed by atoms with Crippen molar-refractivity contribution in [1.29, 1.82) is 0 Å². The van der Waals surface area contributed by atoms with E-state index in [0.717, 1.165) is 6.42 Å². The van der Waals surface area contributed by atoms with Crippen LogP contribution in [0.2, 0.25) is 0 Å². The van der Waals surface area contributed by atoms with Gasteiger partial charge in [-0.25, -0.2) is 4.39 Å². The maximum absolute atomic E-state index is 13.4. The maximum Gasteiger partial charge on any atom is 0.101 e. The average Bonchev–Trinajstić information content (AvgIpc) is 2.10. The van der Waals surface area contributed by atoms with E-state index in [1.807, 2.05) is 27.7 Å². The van der Waals surface area contributed by atoms with Crippen LogP contribution in [0.25, 0.3) is 0 Å². The number of halogens is 1. The van der Waals surface area contributed by atoms with E-state index in [9.17, 15) is 4.39 Å². The second-order valence-corrected chi connectivity index (χ2v) is 5.23. The summed E-state index contributed by atoms with van der Waals surface area (Å²) in [4.78, 5) is 0. The van der Waals surface area contributed by atoms with Gasteiger partial charge in [-0.15, -0.1) is 6.58 Å². The Morgan fingerprint density at radius 1 is 1.40 bits per heavy atom. The maximum atomic E-state index is 13.4. The minimum atomic E-state index is -0.721. The Labute approximate surface area is 93.7 Å². The molecule has 0 N–H and O–H groups in total. The lowest BCUT2D eigenvalue weighted by Crippen LogP contribution is -2.23. The van der Waals surface area contributed by atoms with Gasteiger partial charge in [-0.1, -0.05) is 13.0 Å². The van der Waals surface area contributed by atoms with E-state index in [0.29, 0.717) is 19.4 Å². The molecule has 0 spiro atoms. The first-order chi connectivity index (χ1) is 6.85. The van der Waals surface area contributed by atoms with E-state index < -0.39 is 6.17 Å². The predicted molar refractivity (Wildman–Crippen MR) is 63.8 cm³/mol. The molecule has 0 fully saturated rings. The van der Waals surface area contributed by atoms with E-state index in [1.165, 1.54) is 0 Å². The summed E-state index contributed by atoms with van der Waals surface area (Å²) in [6.07, 6.45) is 2.98. The summed E-state index contributed by atoms with van der Waals surface area (Å²) in [5, 5.41) is 0. The fourth-order valence-electron chi connectivity index (χ4n) is 1.31. The molecule has 0 saturated carbocycles. The molecule has 0 bridgehead atoms. The molecule has 90 valence electrons. The summed E-state index contributed by atoms with van der Waals surface area (Å²) in [7, 11) is 0. The number of allylic oxidation sites excluding steroid dienone is 1. The standard InChI is InChI=1S/C13H25FO/c1-6-7-8-12(14)9-11(2)10-15-13(3,4)5/h6,11-12H,1,7-10H2,2-5H3/t11?,12-/m1/s1. The Kier molecular flexibility index (Phi) is 6.82. The van der Waals surface area contributed by atoms with Crippen LogP contribution < -0.4 is 0 Å². The number of rotatable bonds is 7. The SMILES string of the molecule is C=CCC[C@@H](F)CC(C)COC(C)(C)C. The minimum Gasteiger partial charge on any atom is -0.376 e. The summed E-state index contributed by atoms with van der Waals surface area (Å²) in [6, 6.07) is 0. The molecule has 15 heavy (non-hydrogen) atoms. The van der Waals surface area contributed by atoms with Crippen LogP contribution in [-0.2, 0) is 4.74 Å². The van der Waals surface area contributed by atoms with Gasteiger partial charge < -0.3 is 4.74 Å². The van der Waals surface area contributed by atoms with Gasteiger partial charge in [0.15, 0.2) is 0 Å². The van der Waals surface area contributed by atoms with Gasteiger partial charge in [-0.2, -0.15) is 0 Å². The molecule has 0 rings (SSSR count). The van der Waals surface area contributed by atoms with Gasteiger partial charge in [0.2, 0.25) is 0 Å². The largest absolute Gasteiger partial charge is 0.376 e. The van der Waals surface area contributed by atoms with Crippen molar-refractivity contribution in [2.75, 3.05) is 6.61 Å². The van der Waals surface area contributed by atoms with Crippen molar-refractivity contribution in [3.8, 4) is 0 Å². The minimum absolute atomic E-state index is 0.124. The first kappa shape index (κ1) is 14.6. The molecule has 0 aliphatic rings. The summed E-state index contributed by atoms with van der Waals surface area (Å²) in [5.41, 5.74) is -0.124. The van der Waals surface area contributed by atoms with Crippen LogP contribution in [-0.4, -0.2) is 18.4 Å². The summed E-state index contributed by atoms with van der Waals surface area (Å²) >= 11 is 0. The van der Waals surface area contributed by atoms with Gasteiger partial charge in [0.05, 0.1) is 5.60 Å². The lowest BCUT2D eigenvalue weighted by Gasteiger charge is -2.23. The van der Waals surface area contributed by atoms with Crippen LogP contribution >= 0.6 is 0 Å². The summed E-state index contributed by atoms with van der Waals surface area (Å²) < 4.78 is 19.0. The Morgan fingerprint density at radius 3 is 2.47 bits per heavy atom. The molecule has 0 saturated heterocycles. The molecule has 0 aromatic rings. The van der Waals surface area contributed by atoms with Crippen LogP contribution in [0.4, 0.5) is 4.39 Å². The van der Waals surface area contributed by atoms with Crippen molar-refractivity contribution >= 4 is 0 Å². The van der Waals surface area contributed by atoms with Crippen molar-refractivity contribution in [2.45, 2.75) is 58.7 Å². The zero-order valence-corrected chi connectivity index (χ0v) is 10.6. The molecule has 0 heterocycles. The molecule has 0 aliphatic carbocycles. The quantitative estimate of drug-likeness (QED) is 0.581. The van der Waals surface area contributed by atoms with Crippen LogP contribution in [0, 0.1) is 5.92 Å². The number of alkyl halides is 1. The first-order valence-corrected chi connectivity index (χ1v) is 5.74. The van der Waals surface area contributed by atoms with E-state index in [2.05, 4.69) is 6.58 Å². The lowest BCUT2D eigenvalue weighted by atomic mass is 10.0. The molecule has 2 atom stereocenters. The highest BCUT2D eigenvalue weighted by Gasteiger charge is 2.15. The van der Waals surface area contributed by atoms with Gasteiger partial charge in [-0.3, -0.25) is 0 Å². The molecular weight excluding hydrogens is 191 g/mol. The highest BCUT2D eigenvalue weighted by atomic mass is 19.1. The van der Waals surface area contributed by atoms with Gasteiger partial charge >= 0.3 is 0 Å². The van der Waals surface area contributed by atoms with Crippen molar-refractivity contribution in [3.05, 3.63) is 12.7 Å². The second-order valence-electron chi connectivity index (χ2n) is 5.23. The zero-order valence-electron chi connectivity index (χ0n) is 10.6. The van der Waals surface area contributed by atoms with E-state index >= 15 is 0 Å². The zero-order chi connectivity index (χ0) is 11.9. The highest BCUT2D eigenvalue weighted by molar-refractivity contribution is 4.71. The molecule has 1 nitrogen and oxygen atoms in total. The molecule has 0 radical (unpaired) electrons. The Morgan fingerprint density at radius 2 is 2.00 bits per heavy atom. The number of hydrogen-bond donors (Lipinski definition) is 0. The van der Waals surface area contributed by atoms with E-state index in [-0.39, 0.29) is 11.5 Å². The monoisotopic (exact) mass is 216 g/mol. The predicted octanol–water partition coefficient (Wildman–Crippen LogP) is 4.13. The summed E-state index contributed by atoms with van der Waals surface area (Å²) in [6.45, 7) is 12.3. The Balaban J connectivity index is 3.63. The van der Waals surface area contributed by atoms with Crippen molar-refractivity contribution in [3.63, 3.8) is 0 Å². The molecule has 1 unspecified atom stereocenters. The smallest absolute Gasteiger partial charge is 0.101 e. The third-order valence-electron chi connectivity index (χ3n) is 2.14. The normalized spacial score (nSPS) is 16.1. The number of hydrogen-bond acceptors (Lipinski definition) is 1. The molecule has 0 aromatic carbocycles. The van der Waals surface area contributed by atoms with Crippen LogP contribution in [0.3, 0.4) is 0 Å². The lowest BCUT2D eigenvalue weighted by molar-refractivity contribution is -0.0239. The number of ether oxygens (including phenoxy) is 1. The van der Waals surface area contributed by atoms with Gasteiger partial charge in [0.1, 0.15) is 6.17 Å². The van der Waals surface area contributed by atoms with Crippen molar-refractivity contribution in [1.82, 2.24) is 0 Å². The Hall–Kier alpha value is -0.370. The topological polar surface area (TPSA) is 9.23 Å². The molecule has 0 amide bonds. The summed E-state index contributed by atoms with van der Waals surface area (Å²) in [5.74, 6) is 0.282. The van der Waals surface area contributed by atoms with E-state index in [1.54, 1.807) is 6.08 Å². The Bertz CT molecular complexity index is 172. The molecule has 0 aliphatic heterocycles. The molecule has 2 heteroatoms.